The van der Waals surface area contributed by atoms with E-state index < -0.39 is 0 Å². The van der Waals surface area contributed by atoms with E-state index in [9.17, 15) is 9.59 Å². The number of aryl methyl sites for hydroxylation is 1. The van der Waals surface area contributed by atoms with Crippen LogP contribution in [-0.2, 0) is 4.79 Å². The Hall–Kier alpha value is -3.06. The van der Waals surface area contributed by atoms with Gasteiger partial charge in [0, 0.05) is 11.6 Å². The molecule has 4 rings (SSSR count). The fourth-order valence-corrected chi connectivity index (χ4v) is 3.81. The Morgan fingerprint density at radius 1 is 1.21 bits per heavy atom. The first-order chi connectivity index (χ1) is 13.6. The minimum absolute atomic E-state index is 0.0482. The second-order valence-electron chi connectivity index (χ2n) is 6.46. The van der Waals surface area contributed by atoms with Crippen molar-refractivity contribution in [1.82, 2.24) is 9.97 Å². The third kappa shape index (κ3) is 3.94. The Morgan fingerprint density at radius 2 is 2.04 bits per heavy atom. The van der Waals surface area contributed by atoms with Crippen LogP contribution in [0.4, 0.5) is 5.69 Å². The van der Waals surface area contributed by atoms with Crippen molar-refractivity contribution < 1.29 is 9.53 Å². The molecule has 1 N–H and O–H groups in total. The predicted octanol–water partition coefficient (Wildman–Crippen LogP) is 3.26. The van der Waals surface area contributed by atoms with E-state index in [1.54, 1.807) is 4.90 Å². The van der Waals surface area contributed by atoms with Crippen LogP contribution in [0.3, 0.4) is 0 Å². The highest BCUT2D eigenvalue weighted by Gasteiger charge is 2.24. The minimum Gasteiger partial charge on any atom is -0.490 e. The van der Waals surface area contributed by atoms with E-state index in [2.05, 4.69) is 9.97 Å². The van der Waals surface area contributed by atoms with E-state index in [1.807, 2.05) is 55.5 Å². The molecule has 28 heavy (non-hydrogen) atoms. The number of carbonyl (C=O) groups excluding carboxylic acids is 1. The van der Waals surface area contributed by atoms with Crippen molar-refractivity contribution in [2.75, 3.05) is 23.8 Å². The van der Waals surface area contributed by atoms with E-state index in [0.717, 1.165) is 16.8 Å². The maximum absolute atomic E-state index is 12.8. The van der Waals surface area contributed by atoms with Crippen molar-refractivity contribution in [3.8, 4) is 17.0 Å². The molecule has 0 unspecified atom stereocenters. The molecule has 6 nitrogen and oxygen atoms in total. The van der Waals surface area contributed by atoms with E-state index in [1.165, 1.54) is 17.8 Å². The summed E-state index contributed by atoms with van der Waals surface area (Å²) in [6.45, 7) is 2.95. The van der Waals surface area contributed by atoms with Gasteiger partial charge in [0.2, 0.25) is 5.91 Å². The smallest absolute Gasteiger partial charge is 0.252 e. The molecule has 1 aliphatic heterocycles. The number of carbonyl (C=O) groups is 1. The Bertz CT molecular complexity index is 1070. The molecule has 1 amide bonds. The third-order valence-electron chi connectivity index (χ3n) is 4.40. The summed E-state index contributed by atoms with van der Waals surface area (Å²) in [5.74, 6) is 0.842. The number of rotatable bonds is 4. The van der Waals surface area contributed by atoms with Gasteiger partial charge in [-0.3, -0.25) is 9.59 Å². The summed E-state index contributed by atoms with van der Waals surface area (Å²) >= 11 is 1.23. The molecule has 0 saturated carbocycles. The SMILES string of the molecule is Cc1ccc2c(c1)N(C(=O)CSc1nc(-c3ccccc3)cc(=O)[nH]1)CCO2. The van der Waals surface area contributed by atoms with Gasteiger partial charge in [0.15, 0.2) is 5.16 Å². The molecule has 2 aromatic carbocycles. The summed E-state index contributed by atoms with van der Waals surface area (Å²) in [5.41, 5.74) is 3.06. The molecule has 0 atom stereocenters. The number of aromatic amines is 1. The van der Waals surface area contributed by atoms with Crippen LogP contribution in [0.5, 0.6) is 5.75 Å². The molecule has 7 heteroatoms. The summed E-state index contributed by atoms with van der Waals surface area (Å²) in [5, 5.41) is 0.428. The molecular formula is C21H19N3O3S. The number of aromatic nitrogens is 2. The van der Waals surface area contributed by atoms with Crippen LogP contribution in [0, 0.1) is 6.92 Å². The van der Waals surface area contributed by atoms with Crippen LogP contribution in [0.1, 0.15) is 5.56 Å². The van der Waals surface area contributed by atoms with Gasteiger partial charge >= 0.3 is 0 Å². The van der Waals surface area contributed by atoms with Crippen molar-refractivity contribution >= 4 is 23.4 Å². The van der Waals surface area contributed by atoms with Gasteiger partial charge in [0.1, 0.15) is 12.4 Å². The summed E-state index contributed by atoms with van der Waals surface area (Å²) in [7, 11) is 0. The second kappa shape index (κ2) is 7.90. The monoisotopic (exact) mass is 393 g/mol. The number of benzene rings is 2. The number of hydrogen-bond acceptors (Lipinski definition) is 5. The number of ether oxygens (including phenoxy) is 1. The number of hydrogen-bond donors (Lipinski definition) is 1. The van der Waals surface area contributed by atoms with Crippen LogP contribution in [0.15, 0.2) is 64.5 Å². The fraction of sp³-hybridized carbons (Fsp3) is 0.190. The molecule has 1 aliphatic rings. The lowest BCUT2D eigenvalue weighted by molar-refractivity contribution is -0.116. The molecular weight excluding hydrogens is 374 g/mol. The van der Waals surface area contributed by atoms with E-state index >= 15 is 0 Å². The Balaban J connectivity index is 1.51. The maximum atomic E-state index is 12.8. The van der Waals surface area contributed by atoms with Crippen LogP contribution in [0.2, 0.25) is 0 Å². The number of H-pyrrole nitrogens is 1. The Labute approximate surface area is 166 Å². The molecule has 142 valence electrons. The molecule has 2 heterocycles. The fourth-order valence-electron chi connectivity index (χ4n) is 3.06. The standard InChI is InChI=1S/C21H19N3O3S/c1-14-7-8-18-17(11-14)24(9-10-27-18)20(26)13-28-21-22-16(12-19(25)23-21)15-5-3-2-4-6-15/h2-8,11-12H,9-10,13H2,1H3,(H,22,23,25). The summed E-state index contributed by atoms with van der Waals surface area (Å²) < 4.78 is 5.64. The molecule has 0 saturated heterocycles. The van der Waals surface area contributed by atoms with Crippen molar-refractivity contribution in [3.05, 3.63) is 70.5 Å². The third-order valence-corrected chi connectivity index (χ3v) is 5.26. The lowest BCUT2D eigenvalue weighted by atomic mass is 10.1. The number of amides is 1. The first-order valence-electron chi connectivity index (χ1n) is 8.93. The highest BCUT2D eigenvalue weighted by atomic mass is 32.2. The van der Waals surface area contributed by atoms with Crippen LogP contribution in [0.25, 0.3) is 11.3 Å². The quantitative estimate of drug-likeness (QED) is 0.544. The van der Waals surface area contributed by atoms with E-state index in [-0.39, 0.29) is 17.2 Å². The van der Waals surface area contributed by atoms with Gasteiger partial charge in [-0.1, -0.05) is 48.2 Å². The number of nitrogens with zero attached hydrogens (tertiary/aromatic N) is 2. The zero-order valence-corrected chi connectivity index (χ0v) is 16.2. The number of fused-ring (bicyclic) bond motifs is 1. The molecule has 1 aromatic heterocycles. The predicted molar refractivity (Wildman–Crippen MR) is 110 cm³/mol. The average Bonchev–Trinajstić information content (AvgIpc) is 2.72. The molecule has 3 aromatic rings. The number of thioether (sulfide) groups is 1. The van der Waals surface area contributed by atoms with E-state index in [4.69, 9.17) is 4.74 Å². The van der Waals surface area contributed by atoms with Crippen molar-refractivity contribution in [3.63, 3.8) is 0 Å². The van der Waals surface area contributed by atoms with Gasteiger partial charge in [-0.25, -0.2) is 4.98 Å². The Morgan fingerprint density at radius 3 is 2.86 bits per heavy atom. The lowest BCUT2D eigenvalue weighted by Gasteiger charge is -2.29. The van der Waals surface area contributed by atoms with Crippen LogP contribution < -0.4 is 15.2 Å². The lowest BCUT2D eigenvalue weighted by Crippen LogP contribution is -2.39. The normalized spacial score (nSPS) is 13.0. The summed E-state index contributed by atoms with van der Waals surface area (Å²) in [6, 6.07) is 16.8. The van der Waals surface area contributed by atoms with Gasteiger partial charge in [0.25, 0.3) is 5.56 Å². The van der Waals surface area contributed by atoms with Crippen molar-refractivity contribution in [2.45, 2.75) is 12.1 Å². The second-order valence-corrected chi connectivity index (χ2v) is 7.42. The number of nitrogens with one attached hydrogen (secondary N) is 1. The van der Waals surface area contributed by atoms with Gasteiger partial charge in [-0.2, -0.15) is 0 Å². The molecule has 0 fully saturated rings. The molecule has 0 radical (unpaired) electrons. The highest BCUT2D eigenvalue weighted by Crippen LogP contribution is 2.33. The molecule has 0 bridgehead atoms. The van der Waals surface area contributed by atoms with Crippen molar-refractivity contribution in [1.29, 1.82) is 0 Å². The van der Waals surface area contributed by atoms with Crippen LogP contribution in [-0.4, -0.2) is 34.8 Å². The minimum atomic E-state index is -0.240. The summed E-state index contributed by atoms with van der Waals surface area (Å²) in [6.07, 6.45) is 0. The highest BCUT2D eigenvalue weighted by molar-refractivity contribution is 7.99. The van der Waals surface area contributed by atoms with E-state index in [0.29, 0.717) is 29.8 Å². The van der Waals surface area contributed by atoms with Gasteiger partial charge in [-0.05, 0) is 24.6 Å². The average molecular weight is 393 g/mol. The largest absolute Gasteiger partial charge is 0.490 e. The zero-order chi connectivity index (χ0) is 19.5. The van der Waals surface area contributed by atoms with Gasteiger partial charge < -0.3 is 14.6 Å². The molecule has 0 aliphatic carbocycles. The maximum Gasteiger partial charge on any atom is 0.252 e. The van der Waals surface area contributed by atoms with Gasteiger partial charge in [-0.15, -0.1) is 0 Å². The van der Waals surface area contributed by atoms with Gasteiger partial charge in [0.05, 0.1) is 23.7 Å². The van der Waals surface area contributed by atoms with Crippen molar-refractivity contribution in [2.24, 2.45) is 0 Å². The first kappa shape index (κ1) is 18.3. The first-order valence-corrected chi connectivity index (χ1v) is 9.92. The summed E-state index contributed by atoms with van der Waals surface area (Å²) in [4.78, 5) is 33.8. The topological polar surface area (TPSA) is 75.3 Å². The number of anilines is 1. The zero-order valence-electron chi connectivity index (χ0n) is 15.3. The Kier molecular flexibility index (Phi) is 5.16. The van der Waals surface area contributed by atoms with Crippen LogP contribution >= 0.6 is 11.8 Å². The molecule has 0 spiro atoms.